The molecular weight excluding hydrogens is 178 g/mol. The Morgan fingerprint density at radius 3 is 3.00 bits per heavy atom. The van der Waals surface area contributed by atoms with Gasteiger partial charge in [0.1, 0.15) is 0 Å². The van der Waals surface area contributed by atoms with Gasteiger partial charge in [0.05, 0.1) is 6.61 Å². The lowest BCUT2D eigenvalue weighted by Gasteiger charge is -2.24. The van der Waals surface area contributed by atoms with Gasteiger partial charge in [-0.15, -0.1) is 0 Å². The molecule has 1 aliphatic carbocycles. The minimum absolute atomic E-state index is 0.567. The lowest BCUT2D eigenvalue weighted by atomic mass is 9.86. The van der Waals surface area contributed by atoms with Crippen LogP contribution in [0, 0.1) is 5.92 Å². The molecule has 0 spiro atoms. The second-order valence-corrected chi connectivity index (χ2v) is 3.85. The number of rotatable bonds is 5. The van der Waals surface area contributed by atoms with E-state index < -0.39 is 0 Å². The van der Waals surface area contributed by atoms with E-state index in [-0.39, 0.29) is 0 Å². The minimum Gasteiger partial charge on any atom is -0.379 e. The summed E-state index contributed by atoms with van der Waals surface area (Å²) in [5.74, 6) is 1.38. The molecule has 0 aliphatic heterocycles. The maximum Gasteiger partial charge on any atom is 0.200 e. The van der Waals surface area contributed by atoms with Gasteiger partial charge in [0.15, 0.2) is 5.95 Å². The van der Waals surface area contributed by atoms with E-state index >= 15 is 0 Å². The molecule has 0 aromatic carbocycles. The fraction of sp³-hybridized carbons (Fsp3) is 0.700. The van der Waals surface area contributed by atoms with Crippen LogP contribution in [0.5, 0.6) is 0 Å². The largest absolute Gasteiger partial charge is 0.379 e. The Morgan fingerprint density at radius 2 is 2.43 bits per heavy atom. The lowest BCUT2D eigenvalue weighted by molar-refractivity contribution is 0.0657. The van der Waals surface area contributed by atoms with Crippen molar-refractivity contribution in [3.8, 4) is 0 Å². The van der Waals surface area contributed by atoms with Gasteiger partial charge in [-0.25, -0.2) is 4.98 Å². The summed E-state index contributed by atoms with van der Waals surface area (Å²) in [4.78, 5) is 3.94. The molecule has 0 atom stereocenters. The summed E-state index contributed by atoms with van der Waals surface area (Å²) in [5, 5.41) is 0. The van der Waals surface area contributed by atoms with E-state index in [0.717, 1.165) is 25.7 Å². The van der Waals surface area contributed by atoms with E-state index in [0.29, 0.717) is 5.95 Å². The topological polar surface area (TPSA) is 53.1 Å². The zero-order valence-corrected chi connectivity index (χ0v) is 8.35. The van der Waals surface area contributed by atoms with Gasteiger partial charge in [-0.1, -0.05) is 6.42 Å². The van der Waals surface area contributed by atoms with Crippen molar-refractivity contribution in [3.63, 3.8) is 0 Å². The van der Waals surface area contributed by atoms with Crippen molar-refractivity contribution >= 4 is 5.95 Å². The molecule has 78 valence electrons. The molecule has 2 rings (SSSR count). The molecule has 4 nitrogen and oxygen atoms in total. The number of nitrogens with zero attached hydrogens (tertiary/aromatic N) is 2. The summed E-state index contributed by atoms with van der Waals surface area (Å²) >= 11 is 0. The summed E-state index contributed by atoms with van der Waals surface area (Å²) in [5.41, 5.74) is 5.62. The molecule has 1 aliphatic rings. The van der Waals surface area contributed by atoms with Crippen molar-refractivity contribution in [3.05, 3.63) is 12.4 Å². The van der Waals surface area contributed by atoms with Crippen LogP contribution in [0.1, 0.15) is 19.3 Å². The predicted octanol–water partition coefficient (Wildman–Crippen LogP) is 1.28. The van der Waals surface area contributed by atoms with Crippen molar-refractivity contribution in [1.82, 2.24) is 9.55 Å². The first-order valence-electron chi connectivity index (χ1n) is 5.20. The van der Waals surface area contributed by atoms with Gasteiger partial charge in [-0.05, 0) is 18.8 Å². The van der Waals surface area contributed by atoms with E-state index in [2.05, 4.69) is 4.98 Å². The monoisotopic (exact) mass is 195 g/mol. The number of nitrogens with two attached hydrogens (primary N) is 1. The molecule has 1 heterocycles. The Morgan fingerprint density at radius 1 is 1.57 bits per heavy atom. The highest BCUT2D eigenvalue weighted by Gasteiger charge is 2.16. The Hall–Kier alpha value is -1.03. The summed E-state index contributed by atoms with van der Waals surface area (Å²) in [6.45, 7) is 2.45. The molecule has 0 amide bonds. The SMILES string of the molecule is Nc1nccn1CCOCC1CCC1. The van der Waals surface area contributed by atoms with Crippen LogP contribution in [-0.2, 0) is 11.3 Å². The maximum absolute atomic E-state index is 5.62. The molecule has 0 bridgehead atoms. The molecule has 0 radical (unpaired) electrons. The Bertz CT molecular complexity index is 281. The van der Waals surface area contributed by atoms with Crippen LogP contribution < -0.4 is 5.73 Å². The van der Waals surface area contributed by atoms with Crippen LogP contribution >= 0.6 is 0 Å². The standard InChI is InChI=1S/C10H17N3O/c11-10-12-4-5-13(10)6-7-14-8-9-2-1-3-9/h4-5,9H,1-3,6-8H2,(H2,11,12). The van der Waals surface area contributed by atoms with Gasteiger partial charge in [0.2, 0.25) is 0 Å². The Balaban J connectivity index is 1.60. The molecule has 1 fully saturated rings. The average Bonchev–Trinajstić information content (AvgIpc) is 2.48. The highest BCUT2D eigenvalue weighted by atomic mass is 16.5. The Kier molecular flexibility index (Phi) is 3.03. The quantitative estimate of drug-likeness (QED) is 0.720. The van der Waals surface area contributed by atoms with Crippen LogP contribution in [0.2, 0.25) is 0 Å². The van der Waals surface area contributed by atoms with E-state index in [4.69, 9.17) is 10.5 Å². The third-order valence-electron chi connectivity index (χ3n) is 2.80. The van der Waals surface area contributed by atoms with Crippen molar-refractivity contribution in [1.29, 1.82) is 0 Å². The maximum atomic E-state index is 5.62. The first-order chi connectivity index (χ1) is 6.86. The molecule has 1 aromatic rings. The van der Waals surface area contributed by atoms with Crippen molar-refractivity contribution in [2.75, 3.05) is 18.9 Å². The summed E-state index contributed by atoms with van der Waals surface area (Å²) in [6.07, 6.45) is 7.65. The highest BCUT2D eigenvalue weighted by Crippen LogP contribution is 2.26. The summed E-state index contributed by atoms with van der Waals surface area (Å²) < 4.78 is 7.47. The first-order valence-corrected chi connectivity index (χ1v) is 5.20. The normalized spacial score (nSPS) is 16.9. The number of hydrogen-bond donors (Lipinski definition) is 1. The molecular formula is C10H17N3O. The van der Waals surface area contributed by atoms with E-state index in [1.807, 2.05) is 10.8 Å². The second-order valence-electron chi connectivity index (χ2n) is 3.85. The molecule has 4 heteroatoms. The van der Waals surface area contributed by atoms with Crippen LogP contribution in [-0.4, -0.2) is 22.8 Å². The van der Waals surface area contributed by atoms with Crippen LogP contribution in [0.4, 0.5) is 5.95 Å². The molecule has 0 unspecified atom stereocenters. The number of imidazole rings is 1. The number of anilines is 1. The predicted molar refractivity (Wildman–Crippen MR) is 54.8 cm³/mol. The molecule has 1 saturated carbocycles. The van der Waals surface area contributed by atoms with Crippen molar-refractivity contribution in [2.45, 2.75) is 25.8 Å². The molecule has 14 heavy (non-hydrogen) atoms. The van der Waals surface area contributed by atoms with Gasteiger partial charge in [0.25, 0.3) is 0 Å². The number of ether oxygens (including phenoxy) is 1. The number of nitrogen functional groups attached to an aromatic ring is 1. The number of aromatic nitrogens is 2. The van der Waals surface area contributed by atoms with E-state index in [9.17, 15) is 0 Å². The van der Waals surface area contributed by atoms with Crippen molar-refractivity contribution in [2.24, 2.45) is 5.92 Å². The smallest absolute Gasteiger partial charge is 0.200 e. The summed E-state index contributed by atoms with van der Waals surface area (Å²) in [6, 6.07) is 0. The van der Waals surface area contributed by atoms with Gasteiger partial charge < -0.3 is 15.0 Å². The zero-order chi connectivity index (χ0) is 9.80. The first kappa shape index (κ1) is 9.52. The second kappa shape index (κ2) is 4.46. The van der Waals surface area contributed by atoms with Crippen LogP contribution in [0.3, 0.4) is 0 Å². The van der Waals surface area contributed by atoms with E-state index in [1.54, 1.807) is 6.20 Å². The lowest BCUT2D eigenvalue weighted by Crippen LogP contribution is -2.19. The van der Waals surface area contributed by atoms with Gasteiger partial charge >= 0.3 is 0 Å². The third-order valence-corrected chi connectivity index (χ3v) is 2.80. The summed E-state index contributed by atoms with van der Waals surface area (Å²) in [7, 11) is 0. The minimum atomic E-state index is 0.567. The average molecular weight is 195 g/mol. The van der Waals surface area contributed by atoms with Gasteiger partial charge in [-0.2, -0.15) is 0 Å². The number of hydrogen-bond acceptors (Lipinski definition) is 3. The molecule has 0 saturated heterocycles. The highest BCUT2D eigenvalue weighted by molar-refractivity contribution is 5.16. The van der Waals surface area contributed by atoms with Crippen LogP contribution in [0.15, 0.2) is 12.4 Å². The Labute approximate surface area is 84.1 Å². The van der Waals surface area contributed by atoms with E-state index in [1.165, 1.54) is 19.3 Å². The molecule has 1 aromatic heterocycles. The third kappa shape index (κ3) is 2.26. The zero-order valence-electron chi connectivity index (χ0n) is 8.35. The van der Waals surface area contributed by atoms with Gasteiger partial charge in [-0.3, -0.25) is 0 Å². The van der Waals surface area contributed by atoms with Crippen molar-refractivity contribution < 1.29 is 4.74 Å². The fourth-order valence-electron chi connectivity index (χ4n) is 1.60. The van der Waals surface area contributed by atoms with Crippen LogP contribution in [0.25, 0.3) is 0 Å². The van der Waals surface area contributed by atoms with Gasteiger partial charge in [0, 0.05) is 25.5 Å². The molecule has 2 N–H and O–H groups in total. The fourth-order valence-corrected chi connectivity index (χ4v) is 1.60.